The van der Waals surface area contributed by atoms with E-state index in [0.717, 1.165) is 0 Å². The summed E-state index contributed by atoms with van der Waals surface area (Å²) >= 11 is 5.78. The lowest BCUT2D eigenvalue weighted by Gasteiger charge is -2.09. The fourth-order valence-electron chi connectivity index (χ4n) is 1.54. The molecule has 0 atom stereocenters. The standard InChI is InChI=1S/C12H10ClN3O3/c1-19-9-8(12(17)18)15-11(16-10(9)14)6-2-4-7(13)5-3-6/h2-5H,1H3,(H,17,18)(H2,14,15,16). The van der Waals surface area contributed by atoms with E-state index in [1.807, 2.05) is 0 Å². The maximum atomic E-state index is 11.1. The summed E-state index contributed by atoms with van der Waals surface area (Å²) in [6.45, 7) is 0. The zero-order valence-electron chi connectivity index (χ0n) is 9.92. The average molecular weight is 280 g/mol. The fraction of sp³-hybridized carbons (Fsp3) is 0.0833. The summed E-state index contributed by atoms with van der Waals surface area (Å²) in [6, 6.07) is 6.66. The summed E-state index contributed by atoms with van der Waals surface area (Å²) in [6.07, 6.45) is 0. The van der Waals surface area contributed by atoms with E-state index in [-0.39, 0.29) is 23.1 Å². The van der Waals surface area contributed by atoms with E-state index in [4.69, 9.17) is 27.2 Å². The molecule has 0 aliphatic carbocycles. The van der Waals surface area contributed by atoms with Crippen LogP contribution in [0.25, 0.3) is 11.4 Å². The van der Waals surface area contributed by atoms with E-state index in [1.165, 1.54) is 7.11 Å². The van der Waals surface area contributed by atoms with E-state index >= 15 is 0 Å². The number of carbonyl (C=O) groups is 1. The minimum absolute atomic E-state index is 0.0279. The average Bonchev–Trinajstić information content (AvgIpc) is 2.38. The molecule has 6 nitrogen and oxygen atoms in total. The van der Waals surface area contributed by atoms with Crippen LogP contribution in [0.5, 0.6) is 5.75 Å². The van der Waals surface area contributed by atoms with Crippen molar-refractivity contribution in [3.05, 3.63) is 35.0 Å². The number of aromatic carboxylic acids is 1. The second-order valence-electron chi connectivity index (χ2n) is 3.63. The van der Waals surface area contributed by atoms with Crippen LogP contribution in [0.3, 0.4) is 0 Å². The number of rotatable bonds is 3. The third-order valence-electron chi connectivity index (χ3n) is 2.40. The van der Waals surface area contributed by atoms with Crippen LogP contribution in [0.1, 0.15) is 10.5 Å². The number of halogens is 1. The molecule has 0 radical (unpaired) electrons. The molecular weight excluding hydrogens is 270 g/mol. The molecular formula is C12H10ClN3O3. The van der Waals surface area contributed by atoms with Crippen LogP contribution in [0.2, 0.25) is 5.02 Å². The number of nitrogen functional groups attached to an aromatic ring is 1. The monoisotopic (exact) mass is 279 g/mol. The third-order valence-corrected chi connectivity index (χ3v) is 2.65. The highest BCUT2D eigenvalue weighted by Crippen LogP contribution is 2.27. The topological polar surface area (TPSA) is 98.3 Å². The number of anilines is 1. The van der Waals surface area contributed by atoms with Gasteiger partial charge in [-0.05, 0) is 24.3 Å². The van der Waals surface area contributed by atoms with Crippen molar-refractivity contribution in [3.63, 3.8) is 0 Å². The molecule has 0 aliphatic rings. The number of hydrogen-bond donors (Lipinski definition) is 2. The maximum absolute atomic E-state index is 11.1. The van der Waals surface area contributed by atoms with Crippen molar-refractivity contribution in [1.29, 1.82) is 0 Å². The van der Waals surface area contributed by atoms with Gasteiger partial charge < -0.3 is 15.6 Å². The molecule has 0 spiro atoms. The van der Waals surface area contributed by atoms with Crippen molar-refractivity contribution in [1.82, 2.24) is 9.97 Å². The highest BCUT2D eigenvalue weighted by Gasteiger charge is 2.19. The fourth-order valence-corrected chi connectivity index (χ4v) is 1.67. The zero-order chi connectivity index (χ0) is 14.0. The van der Waals surface area contributed by atoms with E-state index in [9.17, 15) is 4.79 Å². The highest BCUT2D eigenvalue weighted by molar-refractivity contribution is 6.30. The van der Waals surface area contributed by atoms with Crippen LogP contribution in [-0.2, 0) is 0 Å². The SMILES string of the molecule is COc1c(N)nc(-c2ccc(Cl)cc2)nc1C(=O)O. The molecule has 1 aromatic carbocycles. The van der Waals surface area contributed by atoms with Gasteiger partial charge in [0.2, 0.25) is 0 Å². The lowest BCUT2D eigenvalue weighted by molar-refractivity contribution is 0.0686. The number of aromatic nitrogens is 2. The molecule has 2 aromatic rings. The molecule has 1 aromatic heterocycles. The predicted molar refractivity (Wildman–Crippen MR) is 70.4 cm³/mol. The Bertz CT molecular complexity index is 629. The van der Waals surface area contributed by atoms with Gasteiger partial charge in [-0.15, -0.1) is 0 Å². The summed E-state index contributed by atoms with van der Waals surface area (Å²) < 4.78 is 4.90. The van der Waals surface area contributed by atoms with E-state index < -0.39 is 5.97 Å². The maximum Gasteiger partial charge on any atom is 0.358 e. The first-order chi connectivity index (χ1) is 9.02. The Kier molecular flexibility index (Phi) is 3.52. The van der Waals surface area contributed by atoms with Gasteiger partial charge in [0.15, 0.2) is 23.1 Å². The molecule has 0 aliphatic heterocycles. The molecule has 0 saturated heterocycles. The van der Waals surface area contributed by atoms with Crippen LogP contribution in [0.15, 0.2) is 24.3 Å². The van der Waals surface area contributed by atoms with Gasteiger partial charge in [0.25, 0.3) is 0 Å². The number of nitrogens with two attached hydrogens (primary N) is 1. The van der Waals surface area contributed by atoms with E-state index in [2.05, 4.69) is 9.97 Å². The summed E-state index contributed by atoms with van der Waals surface area (Å²) in [7, 11) is 1.31. The molecule has 3 N–H and O–H groups in total. The molecule has 98 valence electrons. The van der Waals surface area contributed by atoms with Crippen molar-refractivity contribution >= 4 is 23.4 Å². The highest BCUT2D eigenvalue weighted by atomic mass is 35.5. The Morgan fingerprint density at radius 2 is 1.95 bits per heavy atom. The first-order valence-corrected chi connectivity index (χ1v) is 5.61. The van der Waals surface area contributed by atoms with Gasteiger partial charge >= 0.3 is 5.97 Å². The summed E-state index contributed by atoms with van der Waals surface area (Å²) in [5.74, 6) is -1.11. The van der Waals surface area contributed by atoms with Crippen LogP contribution < -0.4 is 10.5 Å². The summed E-state index contributed by atoms with van der Waals surface area (Å²) in [4.78, 5) is 19.1. The number of ether oxygens (including phenoxy) is 1. The van der Waals surface area contributed by atoms with Gasteiger partial charge in [0.05, 0.1) is 7.11 Å². The molecule has 0 saturated carbocycles. The Labute approximate surface area is 113 Å². The molecule has 0 bridgehead atoms. The third kappa shape index (κ3) is 2.58. The lowest BCUT2D eigenvalue weighted by atomic mass is 10.2. The van der Waals surface area contributed by atoms with Gasteiger partial charge in [0.1, 0.15) is 0 Å². The smallest absolute Gasteiger partial charge is 0.358 e. The first-order valence-electron chi connectivity index (χ1n) is 5.23. The Morgan fingerprint density at radius 3 is 2.47 bits per heavy atom. The van der Waals surface area contributed by atoms with Gasteiger partial charge in [-0.2, -0.15) is 0 Å². The molecule has 7 heteroatoms. The Hall–Kier alpha value is -2.34. The Balaban J connectivity index is 2.59. The lowest BCUT2D eigenvalue weighted by Crippen LogP contribution is -2.09. The van der Waals surface area contributed by atoms with E-state index in [0.29, 0.717) is 10.6 Å². The van der Waals surface area contributed by atoms with Gasteiger partial charge in [-0.25, -0.2) is 14.8 Å². The van der Waals surface area contributed by atoms with E-state index in [1.54, 1.807) is 24.3 Å². The predicted octanol–water partition coefficient (Wildman–Crippen LogP) is 2.09. The second kappa shape index (κ2) is 5.11. The van der Waals surface area contributed by atoms with Gasteiger partial charge in [-0.3, -0.25) is 0 Å². The van der Waals surface area contributed by atoms with Crippen LogP contribution in [0.4, 0.5) is 5.82 Å². The molecule has 0 amide bonds. The summed E-state index contributed by atoms with van der Waals surface area (Å²) in [5.41, 5.74) is 6.01. The minimum Gasteiger partial charge on any atom is -0.491 e. The van der Waals surface area contributed by atoms with Crippen molar-refractivity contribution in [2.24, 2.45) is 0 Å². The van der Waals surface area contributed by atoms with Gasteiger partial charge in [0, 0.05) is 10.6 Å². The number of methoxy groups -OCH3 is 1. The normalized spacial score (nSPS) is 10.2. The number of hydrogen-bond acceptors (Lipinski definition) is 5. The zero-order valence-corrected chi connectivity index (χ0v) is 10.7. The van der Waals surface area contributed by atoms with Crippen molar-refractivity contribution < 1.29 is 14.6 Å². The van der Waals surface area contributed by atoms with Crippen molar-refractivity contribution in [2.75, 3.05) is 12.8 Å². The number of benzene rings is 1. The number of nitrogens with zero attached hydrogens (tertiary/aromatic N) is 2. The van der Waals surface area contributed by atoms with Crippen LogP contribution in [-0.4, -0.2) is 28.2 Å². The molecule has 0 unspecified atom stereocenters. The molecule has 19 heavy (non-hydrogen) atoms. The Morgan fingerprint density at radius 1 is 1.32 bits per heavy atom. The number of carboxylic acid groups (broad SMARTS) is 1. The minimum atomic E-state index is -1.24. The number of carboxylic acids is 1. The summed E-state index contributed by atoms with van der Waals surface area (Å²) in [5, 5.41) is 9.65. The molecule has 1 heterocycles. The first kappa shape index (κ1) is 13.1. The van der Waals surface area contributed by atoms with Crippen molar-refractivity contribution in [3.8, 4) is 17.1 Å². The van der Waals surface area contributed by atoms with Gasteiger partial charge in [-0.1, -0.05) is 11.6 Å². The second-order valence-corrected chi connectivity index (χ2v) is 4.06. The van der Waals surface area contributed by atoms with Crippen LogP contribution >= 0.6 is 11.6 Å². The largest absolute Gasteiger partial charge is 0.491 e. The van der Waals surface area contributed by atoms with Crippen LogP contribution in [0, 0.1) is 0 Å². The molecule has 2 rings (SSSR count). The quantitative estimate of drug-likeness (QED) is 0.892. The molecule has 0 fully saturated rings. The van der Waals surface area contributed by atoms with Crippen molar-refractivity contribution in [2.45, 2.75) is 0 Å².